The van der Waals surface area contributed by atoms with Crippen LogP contribution >= 0.6 is 11.8 Å². The van der Waals surface area contributed by atoms with E-state index in [-0.39, 0.29) is 18.4 Å². The van der Waals surface area contributed by atoms with Crippen LogP contribution in [0.1, 0.15) is 45.7 Å². The maximum atomic E-state index is 13.3. The molecule has 2 aliphatic rings. The van der Waals surface area contributed by atoms with Crippen LogP contribution in [0.5, 0.6) is 11.5 Å². The summed E-state index contributed by atoms with van der Waals surface area (Å²) >= 11 is 1.43. The number of carbonyl (C=O) groups excluding carboxylic acids is 2. The number of benzene rings is 1. The van der Waals surface area contributed by atoms with Crippen molar-refractivity contribution in [3.8, 4) is 11.5 Å². The topological polar surface area (TPSA) is 80.7 Å². The molecule has 0 spiro atoms. The fourth-order valence-electron chi connectivity index (χ4n) is 3.72. The van der Waals surface area contributed by atoms with Gasteiger partial charge in [-0.25, -0.2) is 9.79 Å². The minimum absolute atomic E-state index is 0.0143. The molecule has 0 bridgehead atoms. The average molecular weight is 474 g/mol. The van der Waals surface area contributed by atoms with Crippen molar-refractivity contribution in [3.05, 3.63) is 46.1 Å². The Labute approximate surface area is 199 Å². The maximum Gasteiger partial charge on any atom is 0.338 e. The Bertz CT molecular complexity index is 1030. The van der Waals surface area contributed by atoms with Gasteiger partial charge in [0.15, 0.2) is 5.17 Å². The zero-order valence-corrected chi connectivity index (χ0v) is 21.0. The number of carbonyl (C=O) groups is 2. The summed E-state index contributed by atoms with van der Waals surface area (Å²) in [6, 6.07) is 4.87. The molecule has 9 heteroatoms. The maximum absolute atomic E-state index is 13.3. The predicted molar refractivity (Wildman–Crippen MR) is 129 cm³/mol. The lowest BCUT2D eigenvalue weighted by atomic mass is 9.92. The van der Waals surface area contributed by atoms with E-state index in [0.29, 0.717) is 34.5 Å². The number of methoxy groups -OCH3 is 2. The number of amidine groups is 1. The van der Waals surface area contributed by atoms with E-state index in [4.69, 9.17) is 14.2 Å². The number of hydrogen-bond acceptors (Lipinski definition) is 8. The van der Waals surface area contributed by atoms with Crippen LogP contribution in [-0.4, -0.2) is 60.8 Å². The fourth-order valence-corrected chi connectivity index (χ4v) is 4.69. The van der Waals surface area contributed by atoms with Gasteiger partial charge in [-0.1, -0.05) is 11.8 Å². The third kappa shape index (κ3) is 5.03. The smallest absolute Gasteiger partial charge is 0.338 e. The molecule has 0 saturated heterocycles. The first kappa shape index (κ1) is 24.7. The van der Waals surface area contributed by atoms with Gasteiger partial charge < -0.3 is 24.0 Å². The fraction of sp³-hybridized carbons (Fsp3) is 0.458. The molecule has 1 unspecified atom stereocenters. The van der Waals surface area contributed by atoms with Gasteiger partial charge in [0.2, 0.25) is 5.91 Å². The summed E-state index contributed by atoms with van der Waals surface area (Å²) in [5.74, 6) is 0.758. The van der Waals surface area contributed by atoms with Crippen LogP contribution in [-0.2, 0) is 14.3 Å². The predicted octanol–water partition coefficient (Wildman–Crippen LogP) is 4.10. The van der Waals surface area contributed by atoms with Crippen LogP contribution in [0.15, 0.2) is 45.6 Å². The van der Waals surface area contributed by atoms with Gasteiger partial charge >= 0.3 is 5.97 Å². The molecule has 178 valence electrons. The van der Waals surface area contributed by atoms with Gasteiger partial charge in [-0.2, -0.15) is 0 Å². The molecule has 33 heavy (non-hydrogen) atoms. The Morgan fingerprint density at radius 2 is 1.97 bits per heavy atom. The highest BCUT2D eigenvalue weighted by Crippen LogP contribution is 2.47. The van der Waals surface area contributed by atoms with E-state index in [0.717, 1.165) is 11.3 Å². The number of nitrogens with zero attached hydrogens (tertiary/aromatic N) is 3. The summed E-state index contributed by atoms with van der Waals surface area (Å²) < 4.78 is 16.7. The van der Waals surface area contributed by atoms with E-state index in [1.165, 1.54) is 11.8 Å². The lowest BCUT2D eigenvalue weighted by Gasteiger charge is -2.37. The second-order valence-electron chi connectivity index (χ2n) is 8.04. The molecule has 0 aromatic heterocycles. The number of aliphatic imine (C=N–C) groups is 1. The van der Waals surface area contributed by atoms with Crippen molar-refractivity contribution in [3.63, 3.8) is 0 Å². The molecule has 0 saturated carbocycles. The van der Waals surface area contributed by atoms with Crippen LogP contribution in [0.25, 0.3) is 0 Å². The van der Waals surface area contributed by atoms with Crippen molar-refractivity contribution >= 4 is 28.8 Å². The third-order valence-electron chi connectivity index (χ3n) is 5.53. The molecule has 3 rings (SSSR count). The second kappa shape index (κ2) is 10.3. The monoisotopic (exact) mass is 473 g/mol. The molecule has 0 aliphatic carbocycles. The van der Waals surface area contributed by atoms with Gasteiger partial charge in [-0.15, -0.1) is 0 Å². The van der Waals surface area contributed by atoms with Gasteiger partial charge in [-0.05, 0) is 51.3 Å². The van der Waals surface area contributed by atoms with Crippen molar-refractivity contribution < 1.29 is 23.8 Å². The summed E-state index contributed by atoms with van der Waals surface area (Å²) in [7, 11) is 4.94. The van der Waals surface area contributed by atoms with Gasteiger partial charge in [-0.3, -0.25) is 4.79 Å². The second-order valence-corrected chi connectivity index (χ2v) is 8.88. The molecular formula is C24H31N3O5S. The number of amides is 1. The summed E-state index contributed by atoms with van der Waals surface area (Å²) in [4.78, 5) is 34.3. The van der Waals surface area contributed by atoms with Crippen molar-refractivity contribution in [2.45, 2.75) is 46.3 Å². The Hall–Kier alpha value is -2.94. The first-order valence-corrected chi connectivity index (χ1v) is 11.7. The van der Waals surface area contributed by atoms with E-state index < -0.39 is 12.0 Å². The Kier molecular flexibility index (Phi) is 7.73. The number of ether oxygens (including phenoxy) is 3. The first-order chi connectivity index (χ1) is 15.7. The molecule has 0 radical (unpaired) electrons. The van der Waals surface area contributed by atoms with E-state index in [1.807, 2.05) is 43.2 Å². The third-order valence-corrected chi connectivity index (χ3v) is 6.42. The lowest BCUT2D eigenvalue weighted by Crippen LogP contribution is -2.38. The minimum Gasteiger partial charge on any atom is -0.497 e. The van der Waals surface area contributed by atoms with Gasteiger partial charge in [0.1, 0.15) is 11.5 Å². The summed E-state index contributed by atoms with van der Waals surface area (Å²) in [6.07, 6.45) is -0.108. The minimum atomic E-state index is -0.588. The largest absolute Gasteiger partial charge is 0.497 e. The first-order valence-electron chi connectivity index (χ1n) is 10.8. The number of thioether (sulfide) groups is 1. The molecule has 2 heterocycles. The highest BCUT2D eigenvalue weighted by molar-refractivity contribution is 8.16. The zero-order chi connectivity index (χ0) is 24.3. The van der Waals surface area contributed by atoms with E-state index >= 15 is 0 Å². The Balaban J connectivity index is 2.16. The van der Waals surface area contributed by atoms with Crippen LogP contribution in [0.2, 0.25) is 0 Å². The van der Waals surface area contributed by atoms with Gasteiger partial charge in [0, 0.05) is 24.9 Å². The number of esters is 1. The molecule has 8 nitrogen and oxygen atoms in total. The van der Waals surface area contributed by atoms with Gasteiger partial charge in [0.05, 0.1) is 44.1 Å². The number of hydrogen-bond donors (Lipinski definition) is 0. The average Bonchev–Trinajstić information content (AvgIpc) is 3.18. The van der Waals surface area contributed by atoms with Gasteiger partial charge in [0.25, 0.3) is 0 Å². The van der Waals surface area contributed by atoms with Crippen molar-refractivity contribution in [1.82, 2.24) is 9.80 Å². The van der Waals surface area contributed by atoms with Crippen molar-refractivity contribution in [2.24, 2.45) is 4.99 Å². The molecule has 1 aromatic carbocycles. The van der Waals surface area contributed by atoms with Crippen molar-refractivity contribution in [2.75, 3.05) is 27.8 Å². The van der Waals surface area contributed by atoms with Crippen LogP contribution in [0.3, 0.4) is 0 Å². The molecular weight excluding hydrogens is 442 g/mol. The summed E-state index contributed by atoms with van der Waals surface area (Å²) in [6.45, 7) is 7.96. The van der Waals surface area contributed by atoms with E-state index in [9.17, 15) is 9.59 Å². The lowest BCUT2D eigenvalue weighted by molar-refractivity contribution is -0.143. The SMILES string of the molecule is CCN(C)C(=O)CC1=CSC2=NC(C)=C(C(=O)OC(C)C)C(c3cc(OC)ccc3OC)N12. The van der Waals surface area contributed by atoms with Crippen LogP contribution < -0.4 is 9.47 Å². The van der Waals surface area contributed by atoms with Crippen molar-refractivity contribution in [1.29, 1.82) is 0 Å². The highest BCUT2D eigenvalue weighted by Gasteiger charge is 2.42. The highest BCUT2D eigenvalue weighted by atomic mass is 32.2. The molecule has 2 aliphatic heterocycles. The molecule has 1 amide bonds. The van der Waals surface area contributed by atoms with E-state index in [2.05, 4.69) is 4.99 Å². The standard InChI is InChI=1S/C24H31N3O5S/c1-8-26(5)20(28)11-16-13-33-24-25-15(4)21(23(29)32-14(2)3)22(27(16)24)18-12-17(30-6)9-10-19(18)31-7/h9-10,12-14,22H,8,11H2,1-7H3. The van der Waals surface area contributed by atoms with E-state index in [1.54, 1.807) is 39.2 Å². The number of rotatable bonds is 8. The van der Waals surface area contributed by atoms with Crippen LogP contribution in [0, 0.1) is 0 Å². The molecule has 0 N–H and O–H groups in total. The molecule has 1 atom stereocenters. The Morgan fingerprint density at radius 3 is 2.58 bits per heavy atom. The zero-order valence-electron chi connectivity index (χ0n) is 20.2. The summed E-state index contributed by atoms with van der Waals surface area (Å²) in [5, 5.41) is 2.62. The Morgan fingerprint density at radius 1 is 1.24 bits per heavy atom. The normalized spacial score (nSPS) is 17.5. The summed E-state index contributed by atoms with van der Waals surface area (Å²) in [5.41, 5.74) is 2.47. The number of allylic oxidation sites excluding steroid dienone is 1. The molecule has 0 fully saturated rings. The quantitative estimate of drug-likeness (QED) is 0.526. The van der Waals surface area contributed by atoms with Crippen LogP contribution in [0.4, 0.5) is 0 Å². The molecule has 1 aromatic rings. The number of fused-ring (bicyclic) bond motifs is 1.